The standard InChI is InChI=1S/C7H13ClO2S/c1-5(2)3-11-4-6(8)7(9)10/h5-6H,3-4H2,1-2H3,(H,9,10). The fraction of sp³-hybridized carbons (Fsp3) is 0.857. The lowest BCUT2D eigenvalue weighted by atomic mass is 10.3. The van der Waals surface area contributed by atoms with Gasteiger partial charge in [-0.15, -0.1) is 11.6 Å². The third kappa shape index (κ3) is 6.51. The first-order valence-corrected chi connectivity index (χ1v) is 5.07. The smallest absolute Gasteiger partial charge is 0.322 e. The second-order valence-corrected chi connectivity index (χ2v) is 4.34. The van der Waals surface area contributed by atoms with Crippen LogP contribution >= 0.6 is 23.4 Å². The van der Waals surface area contributed by atoms with Crippen molar-refractivity contribution >= 4 is 29.3 Å². The fourth-order valence-electron chi connectivity index (χ4n) is 0.479. The van der Waals surface area contributed by atoms with Gasteiger partial charge in [-0.1, -0.05) is 13.8 Å². The van der Waals surface area contributed by atoms with Crippen LogP contribution in [0.2, 0.25) is 0 Å². The Morgan fingerprint density at radius 3 is 2.45 bits per heavy atom. The maximum Gasteiger partial charge on any atom is 0.322 e. The SMILES string of the molecule is CC(C)CSCC(Cl)C(=O)O. The second kappa shape index (κ2) is 5.72. The van der Waals surface area contributed by atoms with E-state index < -0.39 is 11.3 Å². The first-order valence-electron chi connectivity index (χ1n) is 3.48. The lowest BCUT2D eigenvalue weighted by Crippen LogP contribution is -2.16. The average molecular weight is 197 g/mol. The lowest BCUT2D eigenvalue weighted by molar-refractivity contribution is -0.136. The van der Waals surface area contributed by atoms with Crippen molar-refractivity contribution in [3.05, 3.63) is 0 Å². The van der Waals surface area contributed by atoms with Gasteiger partial charge in [0.1, 0.15) is 5.38 Å². The molecule has 66 valence electrons. The zero-order valence-electron chi connectivity index (χ0n) is 6.71. The summed E-state index contributed by atoms with van der Waals surface area (Å²) in [4.78, 5) is 10.2. The van der Waals surface area contributed by atoms with Crippen molar-refractivity contribution in [1.29, 1.82) is 0 Å². The van der Waals surface area contributed by atoms with Gasteiger partial charge in [0.05, 0.1) is 0 Å². The normalized spacial score (nSPS) is 13.5. The van der Waals surface area contributed by atoms with Crippen LogP contribution in [-0.4, -0.2) is 28.0 Å². The highest BCUT2D eigenvalue weighted by atomic mass is 35.5. The van der Waals surface area contributed by atoms with Crippen molar-refractivity contribution in [2.75, 3.05) is 11.5 Å². The number of hydrogen-bond donors (Lipinski definition) is 1. The number of alkyl halides is 1. The molecule has 0 aliphatic carbocycles. The maximum absolute atomic E-state index is 10.2. The summed E-state index contributed by atoms with van der Waals surface area (Å²) in [5.74, 6) is 1.13. The quantitative estimate of drug-likeness (QED) is 0.685. The Hall–Kier alpha value is 0.110. The molecule has 0 aliphatic heterocycles. The van der Waals surface area contributed by atoms with Gasteiger partial charge in [-0.25, -0.2) is 0 Å². The molecule has 0 amide bonds. The average Bonchev–Trinajstić information content (AvgIpc) is 1.86. The van der Waals surface area contributed by atoms with E-state index >= 15 is 0 Å². The van der Waals surface area contributed by atoms with E-state index in [4.69, 9.17) is 16.7 Å². The zero-order chi connectivity index (χ0) is 8.85. The maximum atomic E-state index is 10.2. The van der Waals surface area contributed by atoms with Gasteiger partial charge in [-0.2, -0.15) is 11.8 Å². The highest BCUT2D eigenvalue weighted by Crippen LogP contribution is 2.11. The summed E-state index contributed by atoms with van der Waals surface area (Å²) in [6.07, 6.45) is 0. The summed E-state index contributed by atoms with van der Waals surface area (Å²) < 4.78 is 0. The number of aliphatic carboxylic acids is 1. The molecule has 0 aromatic heterocycles. The zero-order valence-corrected chi connectivity index (χ0v) is 8.28. The molecule has 0 rings (SSSR count). The van der Waals surface area contributed by atoms with Crippen LogP contribution in [-0.2, 0) is 4.79 Å². The lowest BCUT2D eigenvalue weighted by Gasteiger charge is -2.05. The number of carbonyl (C=O) groups is 1. The number of carboxylic acids is 1. The third-order valence-electron chi connectivity index (χ3n) is 0.983. The van der Waals surface area contributed by atoms with Crippen LogP contribution in [0.5, 0.6) is 0 Å². The van der Waals surface area contributed by atoms with Crippen molar-refractivity contribution < 1.29 is 9.90 Å². The third-order valence-corrected chi connectivity index (χ3v) is 2.98. The molecule has 0 saturated carbocycles. The van der Waals surface area contributed by atoms with E-state index in [0.717, 1.165) is 5.75 Å². The van der Waals surface area contributed by atoms with Crippen LogP contribution in [0.1, 0.15) is 13.8 Å². The number of halogens is 1. The molecular formula is C7H13ClO2S. The highest BCUT2D eigenvalue weighted by Gasteiger charge is 2.12. The number of hydrogen-bond acceptors (Lipinski definition) is 2. The number of thioether (sulfide) groups is 1. The van der Waals surface area contributed by atoms with Crippen molar-refractivity contribution in [2.24, 2.45) is 5.92 Å². The largest absolute Gasteiger partial charge is 0.480 e. The van der Waals surface area contributed by atoms with Gasteiger partial charge in [0.25, 0.3) is 0 Å². The molecule has 0 aromatic rings. The van der Waals surface area contributed by atoms with Crippen molar-refractivity contribution in [3.8, 4) is 0 Å². The van der Waals surface area contributed by atoms with Crippen LogP contribution < -0.4 is 0 Å². The van der Waals surface area contributed by atoms with E-state index in [0.29, 0.717) is 11.7 Å². The minimum atomic E-state index is -0.928. The van der Waals surface area contributed by atoms with Crippen LogP contribution in [0.4, 0.5) is 0 Å². The van der Waals surface area contributed by atoms with Gasteiger partial charge in [0, 0.05) is 5.75 Å². The molecule has 0 radical (unpaired) electrons. The minimum absolute atomic E-state index is 0.495. The molecule has 1 unspecified atom stereocenters. The summed E-state index contributed by atoms with van der Waals surface area (Å²) in [5.41, 5.74) is 0. The Morgan fingerprint density at radius 1 is 1.55 bits per heavy atom. The van der Waals surface area contributed by atoms with Crippen LogP contribution in [0.3, 0.4) is 0 Å². The Bertz CT molecular complexity index is 128. The van der Waals surface area contributed by atoms with E-state index in [-0.39, 0.29) is 0 Å². The number of rotatable bonds is 5. The predicted octanol–water partition coefficient (Wildman–Crippen LogP) is 2.07. The minimum Gasteiger partial charge on any atom is -0.480 e. The van der Waals surface area contributed by atoms with Crippen molar-refractivity contribution in [1.82, 2.24) is 0 Å². The van der Waals surface area contributed by atoms with Crippen LogP contribution in [0, 0.1) is 5.92 Å². The van der Waals surface area contributed by atoms with Gasteiger partial charge in [-0.05, 0) is 11.7 Å². The molecule has 1 N–H and O–H groups in total. The molecule has 11 heavy (non-hydrogen) atoms. The molecule has 0 bridgehead atoms. The second-order valence-electron chi connectivity index (χ2n) is 2.74. The Labute approximate surface area is 76.3 Å². The molecule has 0 fully saturated rings. The predicted molar refractivity (Wildman–Crippen MR) is 49.4 cm³/mol. The molecule has 1 atom stereocenters. The molecule has 0 aliphatic rings. The van der Waals surface area contributed by atoms with E-state index in [1.165, 1.54) is 0 Å². The molecule has 0 saturated heterocycles. The molecule has 2 nitrogen and oxygen atoms in total. The Balaban J connectivity index is 3.31. The first-order chi connectivity index (χ1) is 5.04. The fourth-order valence-corrected chi connectivity index (χ4v) is 1.70. The molecular weight excluding hydrogens is 184 g/mol. The summed E-state index contributed by atoms with van der Waals surface area (Å²) in [7, 11) is 0. The number of carboxylic acid groups (broad SMARTS) is 1. The van der Waals surface area contributed by atoms with Gasteiger partial charge >= 0.3 is 5.97 Å². The van der Waals surface area contributed by atoms with Gasteiger partial charge in [-0.3, -0.25) is 4.79 Å². The van der Waals surface area contributed by atoms with Crippen molar-refractivity contribution in [3.63, 3.8) is 0 Å². The molecule has 0 aromatic carbocycles. The van der Waals surface area contributed by atoms with Crippen LogP contribution in [0.25, 0.3) is 0 Å². The molecule has 0 heterocycles. The van der Waals surface area contributed by atoms with Gasteiger partial charge < -0.3 is 5.11 Å². The summed E-state index contributed by atoms with van der Waals surface area (Å²) >= 11 is 7.06. The Morgan fingerprint density at radius 2 is 2.09 bits per heavy atom. The van der Waals surface area contributed by atoms with E-state index in [1.807, 2.05) is 0 Å². The summed E-state index contributed by atoms with van der Waals surface area (Å²) in [5, 5.41) is 7.66. The summed E-state index contributed by atoms with van der Waals surface area (Å²) in [6.45, 7) is 4.19. The van der Waals surface area contributed by atoms with E-state index in [2.05, 4.69) is 13.8 Å². The monoisotopic (exact) mass is 196 g/mol. The topological polar surface area (TPSA) is 37.3 Å². The van der Waals surface area contributed by atoms with E-state index in [1.54, 1.807) is 11.8 Å². The van der Waals surface area contributed by atoms with Gasteiger partial charge in [0.2, 0.25) is 0 Å². The van der Waals surface area contributed by atoms with Gasteiger partial charge in [0.15, 0.2) is 0 Å². The molecule has 0 spiro atoms. The van der Waals surface area contributed by atoms with Crippen LogP contribution in [0.15, 0.2) is 0 Å². The molecule has 4 heteroatoms. The Kier molecular flexibility index (Phi) is 5.78. The highest BCUT2D eigenvalue weighted by molar-refractivity contribution is 7.99. The summed E-state index contributed by atoms with van der Waals surface area (Å²) in [6, 6.07) is 0. The van der Waals surface area contributed by atoms with E-state index in [9.17, 15) is 4.79 Å². The first kappa shape index (κ1) is 11.1. The van der Waals surface area contributed by atoms with Crippen molar-refractivity contribution in [2.45, 2.75) is 19.2 Å².